The van der Waals surface area contributed by atoms with Gasteiger partial charge in [0.15, 0.2) is 5.84 Å². The fourth-order valence-corrected chi connectivity index (χ4v) is 1.74. The van der Waals surface area contributed by atoms with Crippen LogP contribution in [-0.2, 0) is 6.54 Å². The number of nitrogens with two attached hydrogens (primary N) is 1. The van der Waals surface area contributed by atoms with Crippen LogP contribution in [0.3, 0.4) is 0 Å². The number of rotatable bonds is 7. The summed E-state index contributed by atoms with van der Waals surface area (Å²) in [5, 5.41) is 15.1. The summed E-state index contributed by atoms with van der Waals surface area (Å²) in [6, 6.07) is 8.15. The molecular weight excluding hydrogens is 240 g/mol. The SMILES string of the molecule is CC(CCN(C)C)NCc1cccc(C(N)=NO)c1. The van der Waals surface area contributed by atoms with Gasteiger partial charge in [0.2, 0.25) is 0 Å². The van der Waals surface area contributed by atoms with Gasteiger partial charge in [-0.2, -0.15) is 0 Å². The van der Waals surface area contributed by atoms with Gasteiger partial charge < -0.3 is 21.2 Å². The molecule has 1 aromatic rings. The van der Waals surface area contributed by atoms with Gasteiger partial charge in [-0.25, -0.2) is 0 Å². The van der Waals surface area contributed by atoms with Crippen molar-refractivity contribution in [1.82, 2.24) is 10.2 Å². The van der Waals surface area contributed by atoms with Crippen LogP contribution in [0, 0.1) is 0 Å². The molecule has 0 saturated heterocycles. The Bertz CT molecular complexity index is 418. The molecule has 0 heterocycles. The Balaban J connectivity index is 2.49. The third-order valence-corrected chi connectivity index (χ3v) is 2.99. The molecule has 106 valence electrons. The van der Waals surface area contributed by atoms with E-state index in [1.807, 2.05) is 24.3 Å². The van der Waals surface area contributed by atoms with Gasteiger partial charge in [0.05, 0.1) is 0 Å². The molecule has 1 unspecified atom stereocenters. The smallest absolute Gasteiger partial charge is 0.170 e. The van der Waals surface area contributed by atoms with Crippen LogP contribution in [0.25, 0.3) is 0 Å². The number of hydrogen-bond donors (Lipinski definition) is 3. The number of hydrogen-bond acceptors (Lipinski definition) is 4. The fourth-order valence-electron chi connectivity index (χ4n) is 1.74. The molecule has 1 rings (SSSR count). The number of benzene rings is 1. The second-order valence-electron chi connectivity index (χ2n) is 5.06. The molecule has 0 radical (unpaired) electrons. The number of nitrogens with zero attached hydrogens (tertiary/aromatic N) is 2. The van der Waals surface area contributed by atoms with Crippen molar-refractivity contribution < 1.29 is 5.21 Å². The quantitative estimate of drug-likeness (QED) is 0.299. The third kappa shape index (κ3) is 5.72. The molecule has 1 atom stereocenters. The van der Waals surface area contributed by atoms with Crippen molar-refractivity contribution in [3.8, 4) is 0 Å². The van der Waals surface area contributed by atoms with Crippen LogP contribution in [0.1, 0.15) is 24.5 Å². The highest BCUT2D eigenvalue weighted by molar-refractivity contribution is 5.97. The predicted octanol–water partition coefficient (Wildman–Crippen LogP) is 1.21. The molecule has 19 heavy (non-hydrogen) atoms. The average molecular weight is 264 g/mol. The highest BCUT2D eigenvalue weighted by Gasteiger charge is 2.04. The first-order chi connectivity index (χ1) is 9.02. The monoisotopic (exact) mass is 264 g/mol. The third-order valence-electron chi connectivity index (χ3n) is 2.99. The van der Waals surface area contributed by atoms with E-state index in [-0.39, 0.29) is 5.84 Å². The van der Waals surface area contributed by atoms with E-state index < -0.39 is 0 Å². The molecule has 0 aliphatic heterocycles. The van der Waals surface area contributed by atoms with Gasteiger partial charge in [-0.1, -0.05) is 23.4 Å². The maximum Gasteiger partial charge on any atom is 0.170 e. The van der Waals surface area contributed by atoms with Gasteiger partial charge >= 0.3 is 0 Å². The van der Waals surface area contributed by atoms with Crippen LogP contribution in [-0.4, -0.2) is 42.6 Å². The zero-order valence-electron chi connectivity index (χ0n) is 11.9. The van der Waals surface area contributed by atoms with E-state index in [2.05, 4.69) is 36.4 Å². The van der Waals surface area contributed by atoms with Crippen LogP contribution in [0.4, 0.5) is 0 Å². The molecule has 0 amide bonds. The summed E-state index contributed by atoms with van der Waals surface area (Å²) in [6.45, 7) is 4.02. The maximum atomic E-state index is 8.66. The summed E-state index contributed by atoms with van der Waals surface area (Å²) < 4.78 is 0. The summed E-state index contributed by atoms with van der Waals surface area (Å²) in [4.78, 5) is 2.18. The lowest BCUT2D eigenvalue weighted by molar-refractivity contribution is 0.318. The van der Waals surface area contributed by atoms with Gasteiger partial charge in [0.1, 0.15) is 0 Å². The second kappa shape index (κ2) is 7.76. The molecule has 0 aromatic heterocycles. The fraction of sp³-hybridized carbons (Fsp3) is 0.500. The highest BCUT2D eigenvalue weighted by Crippen LogP contribution is 2.06. The van der Waals surface area contributed by atoms with E-state index in [4.69, 9.17) is 10.9 Å². The predicted molar refractivity (Wildman–Crippen MR) is 78.4 cm³/mol. The Morgan fingerprint density at radius 1 is 1.47 bits per heavy atom. The zero-order chi connectivity index (χ0) is 14.3. The molecule has 0 aliphatic rings. The first-order valence-corrected chi connectivity index (χ1v) is 6.48. The van der Waals surface area contributed by atoms with Crippen molar-refractivity contribution in [3.63, 3.8) is 0 Å². The summed E-state index contributed by atoms with van der Waals surface area (Å²) in [6.07, 6.45) is 1.10. The molecular formula is C14H24N4O. The lowest BCUT2D eigenvalue weighted by atomic mass is 10.1. The standard InChI is InChI=1S/C14H24N4O/c1-11(7-8-18(2)3)16-10-12-5-4-6-13(9-12)14(15)17-19/h4-6,9,11,16,19H,7-8,10H2,1-3H3,(H2,15,17). The molecule has 5 nitrogen and oxygen atoms in total. The van der Waals surface area contributed by atoms with Gasteiger partial charge in [-0.15, -0.1) is 0 Å². The van der Waals surface area contributed by atoms with Gasteiger partial charge in [0.25, 0.3) is 0 Å². The molecule has 0 bridgehead atoms. The van der Waals surface area contributed by atoms with Gasteiger partial charge in [0, 0.05) is 18.2 Å². The van der Waals surface area contributed by atoms with Crippen molar-refractivity contribution >= 4 is 5.84 Å². The summed E-state index contributed by atoms with van der Waals surface area (Å²) >= 11 is 0. The molecule has 0 spiro atoms. The van der Waals surface area contributed by atoms with E-state index in [1.165, 1.54) is 0 Å². The average Bonchev–Trinajstić information content (AvgIpc) is 2.42. The van der Waals surface area contributed by atoms with E-state index in [9.17, 15) is 0 Å². The Morgan fingerprint density at radius 3 is 2.84 bits per heavy atom. The first kappa shape index (κ1) is 15.5. The van der Waals surface area contributed by atoms with E-state index >= 15 is 0 Å². The minimum atomic E-state index is 0.141. The second-order valence-corrected chi connectivity index (χ2v) is 5.06. The molecule has 0 aliphatic carbocycles. The lowest BCUT2D eigenvalue weighted by Crippen LogP contribution is -2.29. The Kier molecular flexibility index (Phi) is 6.32. The van der Waals surface area contributed by atoms with Crippen molar-refractivity contribution in [2.75, 3.05) is 20.6 Å². The molecule has 5 heteroatoms. The lowest BCUT2D eigenvalue weighted by Gasteiger charge is -2.17. The number of nitrogens with one attached hydrogen (secondary N) is 1. The number of amidine groups is 1. The van der Waals surface area contributed by atoms with Crippen LogP contribution in [0.5, 0.6) is 0 Å². The summed E-state index contributed by atoms with van der Waals surface area (Å²) in [5.41, 5.74) is 7.44. The van der Waals surface area contributed by atoms with E-state index in [0.29, 0.717) is 6.04 Å². The molecule has 0 saturated carbocycles. The summed E-state index contributed by atoms with van der Waals surface area (Å²) in [5.74, 6) is 0.141. The van der Waals surface area contributed by atoms with Crippen molar-refractivity contribution in [2.24, 2.45) is 10.9 Å². The van der Waals surface area contributed by atoms with Crippen LogP contribution >= 0.6 is 0 Å². The molecule has 0 fully saturated rings. The van der Waals surface area contributed by atoms with E-state index in [0.717, 1.165) is 30.6 Å². The highest BCUT2D eigenvalue weighted by atomic mass is 16.4. The minimum absolute atomic E-state index is 0.141. The normalized spacial score (nSPS) is 13.8. The van der Waals surface area contributed by atoms with E-state index in [1.54, 1.807) is 0 Å². The maximum absolute atomic E-state index is 8.66. The van der Waals surface area contributed by atoms with Gasteiger partial charge in [-0.3, -0.25) is 0 Å². The topological polar surface area (TPSA) is 73.9 Å². The number of oxime groups is 1. The van der Waals surface area contributed by atoms with Crippen LogP contribution < -0.4 is 11.1 Å². The van der Waals surface area contributed by atoms with Crippen molar-refractivity contribution in [1.29, 1.82) is 0 Å². The van der Waals surface area contributed by atoms with Crippen molar-refractivity contribution in [3.05, 3.63) is 35.4 Å². The Labute approximate surface area is 115 Å². The Hall–Kier alpha value is -1.59. The van der Waals surface area contributed by atoms with Crippen LogP contribution in [0.2, 0.25) is 0 Å². The zero-order valence-corrected chi connectivity index (χ0v) is 11.9. The minimum Gasteiger partial charge on any atom is -0.409 e. The van der Waals surface area contributed by atoms with Crippen molar-refractivity contribution in [2.45, 2.75) is 25.9 Å². The van der Waals surface area contributed by atoms with Gasteiger partial charge in [-0.05, 0) is 45.6 Å². The molecule has 4 N–H and O–H groups in total. The largest absolute Gasteiger partial charge is 0.409 e. The molecule has 1 aromatic carbocycles. The first-order valence-electron chi connectivity index (χ1n) is 6.48. The summed E-state index contributed by atoms with van der Waals surface area (Å²) in [7, 11) is 4.15. The van der Waals surface area contributed by atoms with Crippen LogP contribution in [0.15, 0.2) is 29.4 Å². The Morgan fingerprint density at radius 2 is 2.21 bits per heavy atom.